The zero-order chi connectivity index (χ0) is 12.3. The lowest BCUT2D eigenvalue weighted by Gasteiger charge is -2.22. The summed E-state index contributed by atoms with van der Waals surface area (Å²) in [7, 11) is 0. The number of carboxylic acid groups (broad SMARTS) is 1. The van der Waals surface area contributed by atoms with Crippen molar-refractivity contribution >= 4 is 17.6 Å². The molecule has 4 N–H and O–H groups in total. The number of carboxylic acids is 1. The van der Waals surface area contributed by atoms with Gasteiger partial charge in [0, 0.05) is 11.3 Å². The maximum Gasteiger partial charge on any atom is 0.328 e. The topological polar surface area (TPSA) is 92.4 Å². The van der Waals surface area contributed by atoms with Crippen LogP contribution in [-0.2, 0) is 4.79 Å². The Kier molecular flexibility index (Phi) is 3.17. The number of amides is 1. The minimum Gasteiger partial charge on any atom is -0.480 e. The van der Waals surface area contributed by atoms with E-state index in [1.165, 1.54) is 0 Å². The SMILES string of the molecule is CC(C)(Nc1ccc(C(N)=O)cc1)C(=O)O. The van der Waals surface area contributed by atoms with Crippen molar-refractivity contribution in [2.75, 3.05) is 5.32 Å². The van der Waals surface area contributed by atoms with E-state index in [9.17, 15) is 9.59 Å². The molecule has 16 heavy (non-hydrogen) atoms. The number of aliphatic carboxylic acids is 1. The smallest absolute Gasteiger partial charge is 0.328 e. The highest BCUT2D eigenvalue weighted by atomic mass is 16.4. The first-order chi connectivity index (χ1) is 7.33. The van der Waals surface area contributed by atoms with Crippen LogP contribution in [0.5, 0.6) is 0 Å². The summed E-state index contributed by atoms with van der Waals surface area (Å²) in [5, 5.41) is 11.7. The molecular formula is C11H14N2O3. The van der Waals surface area contributed by atoms with Gasteiger partial charge in [0.1, 0.15) is 5.54 Å². The molecule has 1 amide bonds. The van der Waals surface area contributed by atoms with Crippen molar-refractivity contribution in [2.45, 2.75) is 19.4 Å². The van der Waals surface area contributed by atoms with Gasteiger partial charge in [-0.15, -0.1) is 0 Å². The Morgan fingerprint density at radius 2 is 1.75 bits per heavy atom. The van der Waals surface area contributed by atoms with Gasteiger partial charge in [-0.3, -0.25) is 4.79 Å². The van der Waals surface area contributed by atoms with E-state index in [2.05, 4.69) is 5.32 Å². The van der Waals surface area contributed by atoms with Gasteiger partial charge in [-0.25, -0.2) is 4.79 Å². The summed E-state index contributed by atoms with van der Waals surface area (Å²) >= 11 is 0. The Morgan fingerprint density at radius 3 is 2.12 bits per heavy atom. The first-order valence-electron chi connectivity index (χ1n) is 4.74. The van der Waals surface area contributed by atoms with E-state index in [1.807, 2.05) is 0 Å². The maximum absolute atomic E-state index is 10.9. The van der Waals surface area contributed by atoms with Crippen LogP contribution >= 0.6 is 0 Å². The Hall–Kier alpha value is -2.04. The Labute approximate surface area is 93.3 Å². The molecule has 0 aromatic heterocycles. The number of nitrogens with two attached hydrogens (primary N) is 1. The molecule has 1 aromatic carbocycles. The third kappa shape index (κ3) is 2.73. The monoisotopic (exact) mass is 222 g/mol. The molecule has 0 aliphatic rings. The molecule has 0 atom stereocenters. The minimum absolute atomic E-state index is 0.388. The van der Waals surface area contributed by atoms with Crippen LogP contribution in [0.2, 0.25) is 0 Å². The molecule has 0 bridgehead atoms. The summed E-state index contributed by atoms with van der Waals surface area (Å²) < 4.78 is 0. The summed E-state index contributed by atoms with van der Waals surface area (Å²) in [6, 6.07) is 6.32. The number of benzene rings is 1. The number of carbonyl (C=O) groups excluding carboxylic acids is 1. The van der Waals surface area contributed by atoms with E-state index in [-0.39, 0.29) is 0 Å². The van der Waals surface area contributed by atoms with E-state index in [0.717, 1.165) is 0 Å². The van der Waals surface area contributed by atoms with Gasteiger partial charge in [0.05, 0.1) is 0 Å². The number of nitrogens with one attached hydrogen (secondary N) is 1. The summed E-state index contributed by atoms with van der Waals surface area (Å²) in [6.07, 6.45) is 0. The lowest BCUT2D eigenvalue weighted by molar-refractivity contribution is -0.141. The summed E-state index contributed by atoms with van der Waals surface area (Å²) in [5.74, 6) is -1.46. The first kappa shape index (κ1) is 12.0. The fourth-order valence-corrected chi connectivity index (χ4v) is 1.13. The van der Waals surface area contributed by atoms with Gasteiger partial charge in [-0.05, 0) is 38.1 Å². The lowest BCUT2D eigenvalue weighted by atomic mass is 10.1. The zero-order valence-corrected chi connectivity index (χ0v) is 9.15. The fraction of sp³-hybridized carbons (Fsp3) is 0.273. The van der Waals surface area contributed by atoms with Gasteiger partial charge in [-0.2, -0.15) is 0 Å². The van der Waals surface area contributed by atoms with Crippen LogP contribution in [0.25, 0.3) is 0 Å². The molecular weight excluding hydrogens is 208 g/mol. The van der Waals surface area contributed by atoms with Gasteiger partial charge >= 0.3 is 5.97 Å². The van der Waals surface area contributed by atoms with E-state index in [1.54, 1.807) is 38.1 Å². The van der Waals surface area contributed by atoms with Crippen molar-refractivity contribution in [3.8, 4) is 0 Å². The molecule has 5 nitrogen and oxygen atoms in total. The van der Waals surface area contributed by atoms with Crippen LogP contribution in [0.1, 0.15) is 24.2 Å². The van der Waals surface area contributed by atoms with Crippen molar-refractivity contribution in [3.63, 3.8) is 0 Å². The highest BCUT2D eigenvalue weighted by molar-refractivity contribution is 5.93. The normalized spacial score (nSPS) is 10.9. The summed E-state index contributed by atoms with van der Waals surface area (Å²) in [6.45, 7) is 3.11. The standard InChI is InChI=1S/C11H14N2O3/c1-11(2,10(15)16)13-8-5-3-7(4-6-8)9(12)14/h3-6,13H,1-2H3,(H2,12,14)(H,15,16). The van der Waals surface area contributed by atoms with Crippen LogP contribution in [0.3, 0.4) is 0 Å². The molecule has 1 rings (SSSR count). The van der Waals surface area contributed by atoms with Gasteiger partial charge in [0.15, 0.2) is 0 Å². The largest absolute Gasteiger partial charge is 0.480 e. The van der Waals surface area contributed by atoms with Crippen molar-refractivity contribution in [1.82, 2.24) is 0 Å². The van der Waals surface area contributed by atoms with Gasteiger partial charge in [0.25, 0.3) is 0 Å². The van der Waals surface area contributed by atoms with E-state index in [0.29, 0.717) is 11.3 Å². The molecule has 0 unspecified atom stereocenters. The van der Waals surface area contributed by atoms with E-state index in [4.69, 9.17) is 10.8 Å². The Bertz CT molecular complexity index is 410. The first-order valence-corrected chi connectivity index (χ1v) is 4.74. The van der Waals surface area contributed by atoms with E-state index < -0.39 is 17.4 Å². The van der Waals surface area contributed by atoms with E-state index >= 15 is 0 Å². The second-order valence-corrected chi connectivity index (χ2v) is 4.00. The van der Waals surface area contributed by atoms with Crippen molar-refractivity contribution in [3.05, 3.63) is 29.8 Å². The van der Waals surface area contributed by atoms with Gasteiger partial charge < -0.3 is 16.2 Å². The Morgan fingerprint density at radius 1 is 1.25 bits per heavy atom. The molecule has 0 aliphatic heterocycles. The number of hydrogen-bond acceptors (Lipinski definition) is 3. The Balaban J connectivity index is 2.84. The summed E-state index contributed by atoms with van der Waals surface area (Å²) in [5.41, 5.74) is 5.03. The maximum atomic E-state index is 10.9. The third-order valence-corrected chi connectivity index (χ3v) is 2.16. The lowest BCUT2D eigenvalue weighted by Crippen LogP contribution is -2.39. The average Bonchev–Trinajstić information content (AvgIpc) is 2.17. The van der Waals surface area contributed by atoms with Gasteiger partial charge in [-0.1, -0.05) is 0 Å². The predicted octanol–water partition coefficient (Wildman–Crippen LogP) is 1.06. The minimum atomic E-state index is -1.06. The number of rotatable bonds is 4. The second kappa shape index (κ2) is 4.22. The highest BCUT2D eigenvalue weighted by Crippen LogP contribution is 2.15. The number of anilines is 1. The van der Waals surface area contributed by atoms with Crippen LogP contribution < -0.4 is 11.1 Å². The molecule has 0 saturated heterocycles. The number of carbonyl (C=O) groups is 2. The molecule has 0 fully saturated rings. The highest BCUT2D eigenvalue weighted by Gasteiger charge is 2.26. The average molecular weight is 222 g/mol. The van der Waals surface area contributed by atoms with Crippen molar-refractivity contribution in [2.24, 2.45) is 5.73 Å². The molecule has 0 saturated carbocycles. The molecule has 5 heteroatoms. The molecule has 1 aromatic rings. The zero-order valence-electron chi connectivity index (χ0n) is 9.15. The van der Waals surface area contributed by atoms with Crippen molar-refractivity contribution in [1.29, 1.82) is 0 Å². The molecule has 0 spiro atoms. The predicted molar refractivity (Wildman–Crippen MR) is 60.3 cm³/mol. The molecule has 0 radical (unpaired) electrons. The molecule has 86 valence electrons. The summed E-state index contributed by atoms with van der Waals surface area (Å²) in [4.78, 5) is 21.7. The third-order valence-electron chi connectivity index (χ3n) is 2.16. The van der Waals surface area contributed by atoms with Crippen LogP contribution in [-0.4, -0.2) is 22.5 Å². The fourth-order valence-electron chi connectivity index (χ4n) is 1.13. The van der Waals surface area contributed by atoms with Crippen LogP contribution in [0.15, 0.2) is 24.3 Å². The van der Waals surface area contributed by atoms with Crippen LogP contribution in [0.4, 0.5) is 5.69 Å². The number of primary amides is 1. The number of hydrogen-bond donors (Lipinski definition) is 3. The quantitative estimate of drug-likeness (QED) is 0.710. The molecule has 0 heterocycles. The second-order valence-electron chi connectivity index (χ2n) is 4.00. The van der Waals surface area contributed by atoms with Crippen LogP contribution in [0, 0.1) is 0 Å². The van der Waals surface area contributed by atoms with Crippen molar-refractivity contribution < 1.29 is 14.7 Å². The van der Waals surface area contributed by atoms with Gasteiger partial charge in [0.2, 0.25) is 5.91 Å². The molecule has 0 aliphatic carbocycles.